The van der Waals surface area contributed by atoms with Crippen molar-refractivity contribution in [1.29, 1.82) is 0 Å². The molecule has 1 aromatic heterocycles. The number of hydrazine groups is 1. The third-order valence-electron chi connectivity index (χ3n) is 5.52. The Morgan fingerprint density at radius 3 is 2.71 bits per heavy atom. The van der Waals surface area contributed by atoms with Gasteiger partial charge in [0.2, 0.25) is 11.8 Å². The molecule has 4 rings (SSSR count). The lowest BCUT2D eigenvalue weighted by Crippen LogP contribution is -2.45. The number of aromatic nitrogens is 1. The van der Waals surface area contributed by atoms with Gasteiger partial charge in [-0.25, -0.2) is 4.98 Å². The molecule has 1 unspecified atom stereocenters. The first-order valence-corrected chi connectivity index (χ1v) is 11.1. The fourth-order valence-electron chi connectivity index (χ4n) is 3.93. The van der Waals surface area contributed by atoms with Crippen molar-refractivity contribution >= 4 is 34.2 Å². The van der Waals surface area contributed by atoms with E-state index < -0.39 is 5.91 Å². The predicted octanol–water partition coefficient (Wildman–Crippen LogP) is 1.28. The molecule has 2 N–H and O–H groups in total. The molecule has 0 spiro atoms. The zero-order valence-electron chi connectivity index (χ0n) is 17.3. The highest BCUT2D eigenvalue weighted by molar-refractivity contribution is 7.13. The van der Waals surface area contributed by atoms with Crippen molar-refractivity contribution in [2.45, 2.75) is 25.8 Å². The second kappa shape index (κ2) is 9.44. The molecule has 0 radical (unpaired) electrons. The number of benzene rings is 1. The SMILES string of the molecule is CC(=O)N1CCc2ccccc2C1CC(=O)NNC(=O)c1csc(N2CCOCC2)n1. The maximum Gasteiger partial charge on any atom is 0.289 e. The largest absolute Gasteiger partial charge is 0.378 e. The molecule has 10 heteroatoms. The van der Waals surface area contributed by atoms with Crippen LogP contribution in [0.1, 0.15) is 41.0 Å². The number of ether oxygens (including phenoxy) is 1. The molecule has 31 heavy (non-hydrogen) atoms. The Hall–Kier alpha value is -2.98. The lowest BCUT2D eigenvalue weighted by molar-refractivity contribution is -0.133. The number of hydrogen-bond acceptors (Lipinski definition) is 7. The Labute approximate surface area is 184 Å². The number of rotatable bonds is 4. The zero-order chi connectivity index (χ0) is 21.8. The number of anilines is 1. The average Bonchev–Trinajstić information content (AvgIpc) is 3.28. The minimum Gasteiger partial charge on any atom is -0.378 e. The van der Waals surface area contributed by atoms with E-state index in [1.54, 1.807) is 10.3 Å². The first kappa shape index (κ1) is 21.3. The first-order chi connectivity index (χ1) is 15.0. The summed E-state index contributed by atoms with van der Waals surface area (Å²) in [6.45, 7) is 4.83. The van der Waals surface area contributed by atoms with Gasteiger partial charge in [-0.05, 0) is 17.5 Å². The van der Waals surface area contributed by atoms with Crippen molar-refractivity contribution in [1.82, 2.24) is 20.7 Å². The van der Waals surface area contributed by atoms with E-state index in [2.05, 4.69) is 20.7 Å². The number of carbonyl (C=O) groups excluding carboxylic acids is 3. The minimum atomic E-state index is -0.475. The molecule has 1 aromatic carbocycles. The summed E-state index contributed by atoms with van der Waals surface area (Å²) in [5.41, 5.74) is 7.25. The Bertz CT molecular complexity index is 972. The van der Waals surface area contributed by atoms with Crippen LogP contribution in [0.4, 0.5) is 5.13 Å². The minimum absolute atomic E-state index is 0.0625. The summed E-state index contributed by atoms with van der Waals surface area (Å²) in [6, 6.07) is 7.48. The molecule has 2 aliphatic heterocycles. The van der Waals surface area contributed by atoms with Crippen molar-refractivity contribution < 1.29 is 19.1 Å². The Morgan fingerprint density at radius 2 is 1.94 bits per heavy atom. The number of morpholine rings is 1. The Morgan fingerprint density at radius 1 is 1.16 bits per heavy atom. The van der Waals surface area contributed by atoms with Crippen LogP contribution in [0.3, 0.4) is 0 Å². The second-order valence-electron chi connectivity index (χ2n) is 7.50. The number of hydrogen-bond donors (Lipinski definition) is 2. The first-order valence-electron chi connectivity index (χ1n) is 10.3. The number of thiazole rings is 1. The van der Waals surface area contributed by atoms with Crippen molar-refractivity contribution in [3.63, 3.8) is 0 Å². The molecule has 1 atom stereocenters. The second-order valence-corrected chi connectivity index (χ2v) is 8.33. The van der Waals surface area contributed by atoms with Crippen LogP contribution < -0.4 is 15.8 Å². The van der Waals surface area contributed by atoms with Gasteiger partial charge in [-0.2, -0.15) is 0 Å². The molecule has 9 nitrogen and oxygen atoms in total. The highest BCUT2D eigenvalue weighted by Gasteiger charge is 2.30. The van der Waals surface area contributed by atoms with Gasteiger partial charge < -0.3 is 14.5 Å². The molecule has 0 bridgehead atoms. The summed E-state index contributed by atoms with van der Waals surface area (Å²) in [7, 11) is 0. The van der Waals surface area contributed by atoms with Gasteiger partial charge in [0.25, 0.3) is 5.91 Å². The third kappa shape index (κ3) is 4.86. The normalized spacial score (nSPS) is 18.3. The number of nitrogens with one attached hydrogen (secondary N) is 2. The monoisotopic (exact) mass is 443 g/mol. The zero-order valence-corrected chi connectivity index (χ0v) is 18.1. The predicted molar refractivity (Wildman–Crippen MR) is 116 cm³/mol. The molecule has 1 fully saturated rings. The van der Waals surface area contributed by atoms with E-state index >= 15 is 0 Å². The van der Waals surface area contributed by atoms with Crippen molar-refractivity contribution in [3.8, 4) is 0 Å². The molecular formula is C21H25N5O4S. The fourth-order valence-corrected chi connectivity index (χ4v) is 4.79. The van der Waals surface area contributed by atoms with Gasteiger partial charge in [-0.15, -0.1) is 11.3 Å². The Balaban J connectivity index is 1.36. The van der Waals surface area contributed by atoms with E-state index in [0.717, 1.165) is 35.8 Å². The van der Waals surface area contributed by atoms with Crippen LogP contribution in [0.2, 0.25) is 0 Å². The molecular weight excluding hydrogens is 418 g/mol. The number of nitrogens with zero attached hydrogens (tertiary/aromatic N) is 3. The summed E-state index contributed by atoms with van der Waals surface area (Å²) in [5, 5.41) is 2.43. The Kier molecular flexibility index (Phi) is 6.47. The number of fused-ring (bicyclic) bond motifs is 1. The highest BCUT2D eigenvalue weighted by atomic mass is 32.1. The van der Waals surface area contributed by atoms with Gasteiger partial charge in [-0.3, -0.25) is 25.2 Å². The summed E-state index contributed by atoms with van der Waals surface area (Å²) >= 11 is 1.38. The molecule has 3 heterocycles. The summed E-state index contributed by atoms with van der Waals surface area (Å²) in [6.07, 6.45) is 0.826. The van der Waals surface area contributed by atoms with Crippen LogP contribution in [0, 0.1) is 0 Å². The average molecular weight is 444 g/mol. The standard InChI is InChI=1S/C21H25N5O4S/c1-14(27)26-7-6-15-4-2-3-5-16(15)18(26)12-19(28)23-24-20(29)17-13-31-21(22-17)25-8-10-30-11-9-25/h2-5,13,18H,6-12H2,1H3,(H,23,28)(H,24,29). The van der Waals surface area contributed by atoms with Crippen LogP contribution in [0.5, 0.6) is 0 Å². The molecule has 164 valence electrons. The molecule has 0 saturated carbocycles. The van der Waals surface area contributed by atoms with Gasteiger partial charge >= 0.3 is 0 Å². The summed E-state index contributed by atoms with van der Waals surface area (Å²) in [4.78, 5) is 45.2. The van der Waals surface area contributed by atoms with E-state index in [9.17, 15) is 14.4 Å². The fraction of sp³-hybridized carbons (Fsp3) is 0.429. The molecule has 2 aliphatic rings. The van der Waals surface area contributed by atoms with Crippen LogP contribution in [0.25, 0.3) is 0 Å². The van der Waals surface area contributed by atoms with Crippen molar-refractivity contribution in [3.05, 3.63) is 46.5 Å². The van der Waals surface area contributed by atoms with E-state index in [1.807, 2.05) is 24.3 Å². The summed E-state index contributed by atoms with van der Waals surface area (Å²) < 4.78 is 5.33. The molecule has 1 saturated heterocycles. The van der Waals surface area contributed by atoms with Crippen LogP contribution >= 0.6 is 11.3 Å². The van der Waals surface area contributed by atoms with E-state index in [0.29, 0.717) is 19.8 Å². The van der Waals surface area contributed by atoms with Gasteiger partial charge in [-0.1, -0.05) is 24.3 Å². The molecule has 3 amide bonds. The van der Waals surface area contributed by atoms with Crippen LogP contribution in [-0.2, 0) is 20.7 Å². The van der Waals surface area contributed by atoms with E-state index in [1.165, 1.54) is 18.3 Å². The van der Waals surface area contributed by atoms with E-state index in [-0.39, 0.29) is 30.0 Å². The van der Waals surface area contributed by atoms with E-state index in [4.69, 9.17) is 4.74 Å². The topological polar surface area (TPSA) is 104 Å². The highest BCUT2D eigenvalue weighted by Crippen LogP contribution is 2.32. The van der Waals surface area contributed by atoms with Crippen molar-refractivity contribution in [2.75, 3.05) is 37.7 Å². The van der Waals surface area contributed by atoms with Gasteiger partial charge in [0, 0.05) is 31.9 Å². The quantitative estimate of drug-likeness (QED) is 0.690. The lowest BCUT2D eigenvalue weighted by Gasteiger charge is -2.36. The number of amides is 3. The van der Waals surface area contributed by atoms with Gasteiger partial charge in [0.1, 0.15) is 5.69 Å². The summed E-state index contributed by atoms with van der Waals surface area (Å²) in [5.74, 6) is -0.920. The lowest BCUT2D eigenvalue weighted by atomic mass is 9.90. The van der Waals surface area contributed by atoms with Crippen LogP contribution in [0.15, 0.2) is 29.6 Å². The van der Waals surface area contributed by atoms with Crippen molar-refractivity contribution in [2.24, 2.45) is 0 Å². The molecule has 2 aromatic rings. The van der Waals surface area contributed by atoms with Gasteiger partial charge in [0.15, 0.2) is 5.13 Å². The number of carbonyl (C=O) groups is 3. The smallest absolute Gasteiger partial charge is 0.289 e. The maximum atomic E-state index is 12.6. The van der Waals surface area contributed by atoms with Gasteiger partial charge in [0.05, 0.1) is 25.7 Å². The van der Waals surface area contributed by atoms with Crippen LogP contribution in [-0.4, -0.2) is 60.5 Å². The molecule has 0 aliphatic carbocycles. The maximum absolute atomic E-state index is 12.6. The third-order valence-corrected chi connectivity index (χ3v) is 6.42.